The first kappa shape index (κ1) is 16.0. The normalized spacial score (nSPS) is 10.2. The molecule has 5 heteroatoms. The van der Waals surface area contributed by atoms with E-state index in [1.54, 1.807) is 0 Å². The van der Waals surface area contributed by atoms with Crippen molar-refractivity contribution in [3.05, 3.63) is 29.8 Å². The topological polar surface area (TPSA) is 67.4 Å². The highest BCUT2D eigenvalue weighted by Crippen LogP contribution is 2.12. The van der Waals surface area contributed by atoms with E-state index in [2.05, 4.69) is 17.8 Å². The predicted molar refractivity (Wildman–Crippen MR) is 77.1 cm³/mol. The van der Waals surface area contributed by atoms with Gasteiger partial charge in [-0.2, -0.15) is 0 Å². The van der Waals surface area contributed by atoms with Crippen LogP contribution in [0.4, 0.5) is 0 Å². The highest BCUT2D eigenvalue weighted by molar-refractivity contribution is 5.82. The van der Waals surface area contributed by atoms with E-state index in [1.165, 1.54) is 5.56 Å². The van der Waals surface area contributed by atoms with Crippen LogP contribution >= 0.6 is 0 Å². The fourth-order valence-corrected chi connectivity index (χ4v) is 1.57. The molecule has 1 aromatic rings. The number of hydrogen-bond acceptors (Lipinski definition) is 3. The highest BCUT2D eigenvalue weighted by atomic mass is 16.5. The van der Waals surface area contributed by atoms with Crippen LogP contribution in [-0.2, 0) is 16.0 Å². The molecule has 1 aromatic carbocycles. The Morgan fingerprint density at radius 3 is 2.25 bits per heavy atom. The van der Waals surface area contributed by atoms with Gasteiger partial charge in [-0.3, -0.25) is 20.4 Å². The Balaban J connectivity index is 2.27. The van der Waals surface area contributed by atoms with Crippen molar-refractivity contribution in [2.45, 2.75) is 33.6 Å². The minimum atomic E-state index is -0.387. The molecule has 0 aliphatic heterocycles. The lowest BCUT2D eigenvalue weighted by Crippen LogP contribution is -2.44. The lowest BCUT2D eigenvalue weighted by atomic mass is 10.1. The summed E-state index contributed by atoms with van der Waals surface area (Å²) in [6.07, 6.45) is 1.34. The van der Waals surface area contributed by atoms with E-state index in [1.807, 2.05) is 38.1 Å². The van der Waals surface area contributed by atoms with Gasteiger partial charge in [0.05, 0.1) is 0 Å². The van der Waals surface area contributed by atoms with Gasteiger partial charge in [-0.05, 0) is 30.0 Å². The third-order valence-corrected chi connectivity index (χ3v) is 2.64. The first-order chi connectivity index (χ1) is 9.51. The van der Waals surface area contributed by atoms with Gasteiger partial charge in [0.25, 0.3) is 5.91 Å². The fourth-order valence-electron chi connectivity index (χ4n) is 1.57. The molecular weight excluding hydrogens is 256 g/mol. The van der Waals surface area contributed by atoms with Crippen molar-refractivity contribution in [2.24, 2.45) is 5.92 Å². The zero-order valence-corrected chi connectivity index (χ0v) is 12.2. The van der Waals surface area contributed by atoms with Gasteiger partial charge < -0.3 is 4.74 Å². The van der Waals surface area contributed by atoms with E-state index < -0.39 is 0 Å². The second-order valence-corrected chi connectivity index (χ2v) is 4.98. The molecule has 5 nitrogen and oxygen atoms in total. The standard InChI is InChI=1S/C15H22N2O3/c1-4-12-5-7-13(8-6-12)20-10-15(19)17-16-14(18)9-11(2)3/h5-8,11H,4,9-10H2,1-3H3,(H,16,18)(H,17,19). The minimum absolute atomic E-state index is 0.132. The summed E-state index contributed by atoms with van der Waals surface area (Å²) in [4.78, 5) is 22.8. The van der Waals surface area contributed by atoms with Crippen molar-refractivity contribution in [3.8, 4) is 5.75 Å². The maximum absolute atomic E-state index is 11.5. The number of rotatable bonds is 6. The summed E-state index contributed by atoms with van der Waals surface area (Å²) in [6.45, 7) is 5.81. The molecule has 0 aromatic heterocycles. The highest BCUT2D eigenvalue weighted by Gasteiger charge is 2.07. The van der Waals surface area contributed by atoms with Gasteiger partial charge in [-0.25, -0.2) is 0 Å². The zero-order valence-electron chi connectivity index (χ0n) is 12.2. The van der Waals surface area contributed by atoms with Crippen LogP contribution in [0.5, 0.6) is 5.75 Å². The summed E-state index contributed by atoms with van der Waals surface area (Å²) in [5.41, 5.74) is 5.88. The molecule has 0 saturated carbocycles. The Hall–Kier alpha value is -2.04. The van der Waals surface area contributed by atoms with Crippen LogP contribution in [0.15, 0.2) is 24.3 Å². The van der Waals surface area contributed by atoms with Crippen molar-refractivity contribution in [2.75, 3.05) is 6.61 Å². The van der Waals surface area contributed by atoms with E-state index >= 15 is 0 Å². The number of hydrogen-bond donors (Lipinski definition) is 2. The molecule has 0 spiro atoms. The smallest absolute Gasteiger partial charge is 0.276 e. The summed E-state index contributed by atoms with van der Waals surface area (Å²) in [7, 11) is 0. The van der Waals surface area contributed by atoms with Crippen molar-refractivity contribution < 1.29 is 14.3 Å². The van der Waals surface area contributed by atoms with Gasteiger partial charge in [0.1, 0.15) is 5.75 Å². The lowest BCUT2D eigenvalue weighted by Gasteiger charge is -2.10. The van der Waals surface area contributed by atoms with Crippen LogP contribution in [0.1, 0.15) is 32.8 Å². The van der Waals surface area contributed by atoms with Crippen LogP contribution in [0.3, 0.4) is 0 Å². The third kappa shape index (κ3) is 6.22. The van der Waals surface area contributed by atoms with Gasteiger partial charge in [0.2, 0.25) is 5.91 Å². The van der Waals surface area contributed by atoms with Crippen molar-refractivity contribution >= 4 is 11.8 Å². The van der Waals surface area contributed by atoms with Crippen LogP contribution < -0.4 is 15.6 Å². The molecule has 0 radical (unpaired) electrons. The SMILES string of the molecule is CCc1ccc(OCC(=O)NNC(=O)CC(C)C)cc1. The largest absolute Gasteiger partial charge is 0.484 e. The number of hydrazine groups is 1. The number of aryl methyl sites for hydroxylation is 1. The van der Waals surface area contributed by atoms with Crippen LogP contribution in [0.25, 0.3) is 0 Å². The Kier molecular flexibility index (Phi) is 6.56. The molecule has 0 aliphatic carbocycles. The number of nitrogens with one attached hydrogen (secondary N) is 2. The van der Waals surface area contributed by atoms with E-state index in [9.17, 15) is 9.59 Å². The summed E-state index contributed by atoms with van der Waals surface area (Å²) in [6, 6.07) is 7.56. The first-order valence-corrected chi connectivity index (χ1v) is 6.80. The Labute approximate surface area is 119 Å². The third-order valence-electron chi connectivity index (χ3n) is 2.64. The Morgan fingerprint density at radius 1 is 1.10 bits per heavy atom. The van der Waals surface area contributed by atoms with Crippen LogP contribution in [-0.4, -0.2) is 18.4 Å². The molecule has 1 rings (SSSR count). The second kappa shape index (κ2) is 8.19. The molecular formula is C15H22N2O3. The molecule has 0 fully saturated rings. The average Bonchev–Trinajstić information content (AvgIpc) is 2.42. The maximum atomic E-state index is 11.5. The molecule has 2 N–H and O–H groups in total. The van der Waals surface area contributed by atoms with E-state index in [-0.39, 0.29) is 24.3 Å². The van der Waals surface area contributed by atoms with E-state index in [0.29, 0.717) is 12.2 Å². The molecule has 0 unspecified atom stereocenters. The Morgan fingerprint density at radius 2 is 1.70 bits per heavy atom. The molecule has 20 heavy (non-hydrogen) atoms. The van der Waals surface area contributed by atoms with Gasteiger partial charge >= 0.3 is 0 Å². The van der Waals surface area contributed by atoms with Crippen molar-refractivity contribution in [1.29, 1.82) is 0 Å². The van der Waals surface area contributed by atoms with Gasteiger partial charge in [-0.1, -0.05) is 32.9 Å². The minimum Gasteiger partial charge on any atom is -0.484 e. The van der Waals surface area contributed by atoms with Crippen LogP contribution in [0, 0.1) is 5.92 Å². The molecule has 0 atom stereocenters. The van der Waals surface area contributed by atoms with Gasteiger partial charge in [0, 0.05) is 6.42 Å². The monoisotopic (exact) mass is 278 g/mol. The predicted octanol–water partition coefficient (Wildman–Crippen LogP) is 1.82. The van der Waals surface area contributed by atoms with E-state index in [0.717, 1.165) is 6.42 Å². The lowest BCUT2D eigenvalue weighted by molar-refractivity contribution is -0.130. The van der Waals surface area contributed by atoms with Crippen molar-refractivity contribution in [3.63, 3.8) is 0 Å². The summed E-state index contributed by atoms with van der Waals surface area (Å²) in [5, 5.41) is 0. The molecule has 110 valence electrons. The molecule has 2 amide bonds. The molecule has 0 saturated heterocycles. The van der Waals surface area contributed by atoms with Gasteiger partial charge in [0.15, 0.2) is 6.61 Å². The number of carbonyl (C=O) groups excluding carboxylic acids is 2. The van der Waals surface area contributed by atoms with E-state index in [4.69, 9.17) is 4.74 Å². The van der Waals surface area contributed by atoms with Crippen LogP contribution in [0.2, 0.25) is 0 Å². The maximum Gasteiger partial charge on any atom is 0.276 e. The number of benzene rings is 1. The Bertz CT molecular complexity index is 441. The molecule has 0 heterocycles. The average molecular weight is 278 g/mol. The number of amides is 2. The fraction of sp³-hybridized carbons (Fsp3) is 0.467. The number of ether oxygens (including phenoxy) is 1. The molecule has 0 bridgehead atoms. The zero-order chi connectivity index (χ0) is 15.0. The number of carbonyl (C=O) groups is 2. The summed E-state index contributed by atoms with van der Waals surface area (Å²) in [5.74, 6) is 0.286. The van der Waals surface area contributed by atoms with Gasteiger partial charge in [-0.15, -0.1) is 0 Å². The first-order valence-electron chi connectivity index (χ1n) is 6.80. The summed E-state index contributed by atoms with van der Waals surface area (Å²) < 4.78 is 5.32. The summed E-state index contributed by atoms with van der Waals surface area (Å²) >= 11 is 0. The van der Waals surface area contributed by atoms with Crippen molar-refractivity contribution in [1.82, 2.24) is 10.9 Å². The quantitative estimate of drug-likeness (QED) is 0.780. The second-order valence-electron chi connectivity index (χ2n) is 4.98. The molecule has 0 aliphatic rings.